The maximum absolute atomic E-state index is 6.08. The Labute approximate surface area is 176 Å². The van der Waals surface area contributed by atoms with Crippen molar-refractivity contribution in [2.45, 2.75) is 33.0 Å². The first-order valence-electron chi connectivity index (χ1n) is 10.2. The number of benzene rings is 1. The molecule has 30 heavy (non-hydrogen) atoms. The van der Waals surface area contributed by atoms with E-state index in [0.29, 0.717) is 18.2 Å². The van der Waals surface area contributed by atoms with Crippen molar-refractivity contribution in [2.24, 2.45) is 0 Å². The van der Waals surface area contributed by atoms with Crippen LogP contribution in [0.2, 0.25) is 0 Å². The van der Waals surface area contributed by atoms with Gasteiger partial charge in [0.1, 0.15) is 12.4 Å². The highest BCUT2D eigenvalue weighted by Gasteiger charge is 2.22. The van der Waals surface area contributed by atoms with Crippen molar-refractivity contribution in [3.8, 4) is 28.6 Å². The van der Waals surface area contributed by atoms with Crippen LogP contribution >= 0.6 is 0 Å². The number of nitrogens with zero attached hydrogens (tertiary/aromatic N) is 5. The van der Waals surface area contributed by atoms with Crippen LogP contribution in [0.4, 0.5) is 0 Å². The lowest BCUT2D eigenvalue weighted by molar-refractivity contribution is 0.211. The van der Waals surface area contributed by atoms with Crippen molar-refractivity contribution in [1.29, 1.82) is 0 Å². The van der Waals surface area contributed by atoms with E-state index in [4.69, 9.17) is 14.2 Å². The van der Waals surface area contributed by atoms with Crippen LogP contribution in [0.15, 0.2) is 36.7 Å². The summed E-state index contributed by atoms with van der Waals surface area (Å²) in [5, 5.41) is 8.37. The Balaban J connectivity index is 1.63. The predicted octanol–water partition coefficient (Wildman–Crippen LogP) is 3.16. The van der Waals surface area contributed by atoms with Gasteiger partial charge in [0.05, 0.1) is 26.5 Å². The van der Waals surface area contributed by atoms with E-state index in [1.807, 2.05) is 24.5 Å². The Morgan fingerprint density at radius 1 is 1.13 bits per heavy atom. The first-order chi connectivity index (χ1) is 14.7. The maximum atomic E-state index is 6.08. The summed E-state index contributed by atoms with van der Waals surface area (Å²) in [6.45, 7) is 6.07. The molecule has 0 N–H and O–H groups in total. The first-order valence-corrected chi connectivity index (χ1v) is 10.2. The Kier molecular flexibility index (Phi) is 6.13. The van der Waals surface area contributed by atoms with Gasteiger partial charge >= 0.3 is 0 Å². The lowest BCUT2D eigenvalue weighted by Gasteiger charge is -2.20. The van der Waals surface area contributed by atoms with Crippen LogP contribution in [-0.2, 0) is 19.6 Å². The molecule has 0 bridgehead atoms. The van der Waals surface area contributed by atoms with Gasteiger partial charge in [-0.25, -0.2) is 4.98 Å². The highest BCUT2D eigenvalue weighted by atomic mass is 16.5. The third kappa shape index (κ3) is 4.23. The number of aromatic nitrogens is 4. The molecule has 4 rings (SSSR count). The molecule has 8 nitrogen and oxygen atoms in total. The molecule has 0 unspecified atom stereocenters. The van der Waals surface area contributed by atoms with Crippen molar-refractivity contribution in [3.63, 3.8) is 0 Å². The Bertz CT molecular complexity index is 987. The van der Waals surface area contributed by atoms with Crippen LogP contribution in [0.1, 0.15) is 24.7 Å². The Hall–Kier alpha value is -3.13. The van der Waals surface area contributed by atoms with Gasteiger partial charge in [-0.15, -0.1) is 10.2 Å². The molecular formula is C22H27N5O3. The molecule has 0 fully saturated rings. The van der Waals surface area contributed by atoms with Gasteiger partial charge in [-0.2, -0.15) is 0 Å². The SMILES string of the molecule is CCCn1ccnc1CN1CCOc2c(cc(-c3ccc(OC)nn3)cc2OC)C1. The van der Waals surface area contributed by atoms with Gasteiger partial charge in [-0.1, -0.05) is 6.92 Å². The number of rotatable bonds is 7. The van der Waals surface area contributed by atoms with Gasteiger partial charge in [-0.05, 0) is 24.6 Å². The van der Waals surface area contributed by atoms with Crippen LogP contribution in [0, 0.1) is 0 Å². The van der Waals surface area contributed by atoms with Crippen molar-refractivity contribution < 1.29 is 14.2 Å². The molecule has 8 heteroatoms. The second-order valence-corrected chi connectivity index (χ2v) is 7.22. The summed E-state index contributed by atoms with van der Waals surface area (Å²) in [4.78, 5) is 6.91. The van der Waals surface area contributed by atoms with Gasteiger partial charge < -0.3 is 18.8 Å². The number of ether oxygens (including phenoxy) is 3. The number of hydrogen-bond donors (Lipinski definition) is 0. The molecule has 1 aromatic carbocycles. The van der Waals surface area contributed by atoms with Crippen molar-refractivity contribution in [2.75, 3.05) is 27.4 Å². The van der Waals surface area contributed by atoms with Gasteiger partial charge in [-0.3, -0.25) is 4.90 Å². The summed E-state index contributed by atoms with van der Waals surface area (Å²) < 4.78 is 19.0. The molecule has 0 saturated heterocycles. The summed E-state index contributed by atoms with van der Waals surface area (Å²) in [7, 11) is 3.24. The molecule has 0 amide bonds. The van der Waals surface area contributed by atoms with Crippen molar-refractivity contribution in [1.82, 2.24) is 24.6 Å². The molecule has 158 valence electrons. The van der Waals surface area contributed by atoms with E-state index < -0.39 is 0 Å². The second kappa shape index (κ2) is 9.13. The molecule has 2 aromatic heterocycles. The molecule has 1 aliphatic heterocycles. The van der Waals surface area contributed by atoms with Gasteiger partial charge in [0.2, 0.25) is 5.88 Å². The van der Waals surface area contributed by atoms with E-state index in [2.05, 4.69) is 37.6 Å². The summed E-state index contributed by atoms with van der Waals surface area (Å²) in [5.74, 6) is 3.05. The Morgan fingerprint density at radius 2 is 2.03 bits per heavy atom. The number of fused-ring (bicyclic) bond motifs is 1. The number of aryl methyl sites for hydroxylation is 1. The van der Waals surface area contributed by atoms with E-state index in [1.165, 1.54) is 0 Å². The summed E-state index contributed by atoms with van der Waals surface area (Å²) in [6.07, 6.45) is 5.00. The zero-order chi connectivity index (χ0) is 20.9. The van der Waals surface area contributed by atoms with E-state index in [0.717, 1.165) is 61.0 Å². The molecule has 0 spiro atoms. The molecular weight excluding hydrogens is 382 g/mol. The van der Waals surface area contributed by atoms with Gasteiger partial charge in [0, 0.05) is 49.2 Å². The number of imidazole rings is 1. The number of hydrogen-bond acceptors (Lipinski definition) is 7. The van der Waals surface area contributed by atoms with E-state index in [9.17, 15) is 0 Å². The molecule has 0 saturated carbocycles. The fourth-order valence-electron chi connectivity index (χ4n) is 3.69. The Morgan fingerprint density at radius 3 is 2.77 bits per heavy atom. The quantitative estimate of drug-likeness (QED) is 0.593. The van der Waals surface area contributed by atoms with Crippen LogP contribution in [0.5, 0.6) is 17.4 Å². The molecule has 3 heterocycles. The predicted molar refractivity (Wildman–Crippen MR) is 113 cm³/mol. The van der Waals surface area contributed by atoms with Crippen LogP contribution < -0.4 is 14.2 Å². The molecule has 1 aliphatic rings. The van der Waals surface area contributed by atoms with Crippen LogP contribution in [0.25, 0.3) is 11.3 Å². The minimum Gasteiger partial charge on any atom is -0.493 e. The van der Waals surface area contributed by atoms with Crippen LogP contribution in [-0.4, -0.2) is 52.0 Å². The highest BCUT2D eigenvalue weighted by molar-refractivity contribution is 5.66. The number of methoxy groups -OCH3 is 2. The van der Waals surface area contributed by atoms with Crippen molar-refractivity contribution >= 4 is 0 Å². The maximum Gasteiger partial charge on any atom is 0.233 e. The fraction of sp³-hybridized carbons (Fsp3) is 0.409. The van der Waals surface area contributed by atoms with Crippen LogP contribution in [0.3, 0.4) is 0 Å². The third-order valence-electron chi connectivity index (χ3n) is 5.18. The average molecular weight is 409 g/mol. The molecule has 0 radical (unpaired) electrons. The van der Waals surface area contributed by atoms with Gasteiger partial charge in [0.15, 0.2) is 11.5 Å². The monoisotopic (exact) mass is 409 g/mol. The smallest absolute Gasteiger partial charge is 0.233 e. The topological polar surface area (TPSA) is 74.5 Å². The molecule has 0 atom stereocenters. The normalized spacial score (nSPS) is 14.0. The third-order valence-corrected chi connectivity index (χ3v) is 5.18. The lowest BCUT2D eigenvalue weighted by atomic mass is 10.1. The summed E-state index contributed by atoms with van der Waals surface area (Å²) >= 11 is 0. The molecule has 0 aliphatic carbocycles. The fourth-order valence-corrected chi connectivity index (χ4v) is 3.69. The second-order valence-electron chi connectivity index (χ2n) is 7.22. The van der Waals surface area contributed by atoms with E-state index in [-0.39, 0.29) is 0 Å². The minimum absolute atomic E-state index is 0.484. The molecule has 3 aromatic rings. The zero-order valence-corrected chi connectivity index (χ0v) is 17.7. The van der Waals surface area contributed by atoms with Gasteiger partial charge in [0.25, 0.3) is 0 Å². The summed E-state index contributed by atoms with van der Waals surface area (Å²) in [5.41, 5.74) is 2.75. The minimum atomic E-state index is 0.484. The largest absolute Gasteiger partial charge is 0.493 e. The van der Waals surface area contributed by atoms with Crippen molar-refractivity contribution in [3.05, 3.63) is 48.0 Å². The van der Waals surface area contributed by atoms with E-state index >= 15 is 0 Å². The average Bonchev–Trinajstić information content (AvgIpc) is 3.10. The highest BCUT2D eigenvalue weighted by Crippen LogP contribution is 2.38. The zero-order valence-electron chi connectivity index (χ0n) is 17.7. The van der Waals surface area contributed by atoms with E-state index in [1.54, 1.807) is 20.3 Å². The lowest BCUT2D eigenvalue weighted by Crippen LogP contribution is -2.27. The standard InChI is InChI=1S/C22H27N5O3/c1-4-8-27-9-7-23-20(27)15-26-10-11-30-22-17(14-26)12-16(13-19(22)28-2)18-5-6-21(29-3)25-24-18/h5-7,9,12-13H,4,8,10-11,14-15H2,1-3H3. The first kappa shape index (κ1) is 20.2. The summed E-state index contributed by atoms with van der Waals surface area (Å²) in [6, 6.07) is 7.74.